The summed E-state index contributed by atoms with van der Waals surface area (Å²) in [7, 11) is 0. The van der Waals surface area contributed by atoms with Crippen LogP contribution in [-0.4, -0.2) is 46.8 Å². The van der Waals surface area contributed by atoms with Crippen molar-refractivity contribution in [2.24, 2.45) is 0 Å². The van der Waals surface area contributed by atoms with E-state index in [2.05, 4.69) is 4.98 Å². The molecule has 2 heterocycles. The molecule has 0 saturated carbocycles. The highest BCUT2D eigenvalue weighted by Crippen LogP contribution is 2.27. The standard InChI is InChI=1S/C12H17FN2O5/c1-7-5-15(12(18)14-11(7)17)10-4-8(16)9(20-10)6-19-3-2-13/h5,8-10,16H,2-4,6H2,1H3,(H,14,17,18)/t8-,9+,10+/m0/s1. The molecule has 1 aromatic heterocycles. The van der Waals surface area contributed by atoms with Gasteiger partial charge in [0.2, 0.25) is 0 Å². The highest BCUT2D eigenvalue weighted by molar-refractivity contribution is 5.02. The maximum atomic E-state index is 11.9. The number of aromatic nitrogens is 2. The largest absolute Gasteiger partial charge is 0.390 e. The maximum absolute atomic E-state index is 11.9. The van der Waals surface area contributed by atoms with E-state index >= 15 is 0 Å². The molecule has 1 aliphatic heterocycles. The zero-order valence-corrected chi connectivity index (χ0v) is 11.0. The Morgan fingerprint density at radius 2 is 2.35 bits per heavy atom. The number of ether oxygens (including phenoxy) is 2. The third-order valence-corrected chi connectivity index (χ3v) is 3.16. The molecule has 3 atom stereocenters. The molecule has 0 spiro atoms. The summed E-state index contributed by atoms with van der Waals surface area (Å²) in [5, 5.41) is 9.85. The third kappa shape index (κ3) is 3.14. The second-order valence-electron chi connectivity index (χ2n) is 4.67. The van der Waals surface area contributed by atoms with Crippen LogP contribution >= 0.6 is 0 Å². The molecule has 7 nitrogen and oxygen atoms in total. The average Bonchev–Trinajstić information content (AvgIpc) is 2.76. The number of aryl methyl sites for hydroxylation is 1. The number of H-pyrrole nitrogens is 1. The van der Waals surface area contributed by atoms with E-state index in [0.717, 1.165) is 0 Å². The van der Waals surface area contributed by atoms with Crippen molar-refractivity contribution in [3.05, 3.63) is 32.6 Å². The topological polar surface area (TPSA) is 93.6 Å². The second kappa shape index (κ2) is 6.29. The highest BCUT2D eigenvalue weighted by atomic mass is 19.1. The van der Waals surface area contributed by atoms with E-state index in [1.807, 2.05) is 0 Å². The minimum absolute atomic E-state index is 0.0542. The molecule has 1 aliphatic rings. The summed E-state index contributed by atoms with van der Waals surface area (Å²) in [6, 6.07) is 0. The third-order valence-electron chi connectivity index (χ3n) is 3.16. The Balaban J connectivity index is 2.10. The first-order valence-electron chi connectivity index (χ1n) is 6.32. The molecule has 112 valence electrons. The molecule has 1 aromatic rings. The number of nitrogens with one attached hydrogen (secondary N) is 1. The number of nitrogens with zero attached hydrogens (tertiary/aromatic N) is 1. The van der Waals surface area contributed by atoms with Crippen LogP contribution in [0, 0.1) is 6.92 Å². The Bertz CT molecular complexity index is 570. The molecular weight excluding hydrogens is 271 g/mol. The second-order valence-corrected chi connectivity index (χ2v) is 4.67. The SMILES string of the molecule is Cc1cn([C@H]2C[C@H](O)[C@@H](COCCF)O2)c(=O)[nH]c1=O. The molecule has 0 aromatic carbocycles. The van der Waals surface area contributed by atoms with Crippen molar-refractivity contribution in [1.82, 2.24) is 9.55 Å². The van der Waals surface area contributed by atoms with Crippen molar-refractivity contribution in [1.29, 1.82) is 0 Å². The van der Waals surface area contributed by atoms with Crippen molar-refractivity contribution in [3.63, 3.8) is 0 Å². The van der Waals surface area contributed by atoms with Gasteiger partial charge in [0, 0.05) is 18.2 Å². The Morgan fingerprint density at radius 3 is 3.05 bits per heavy atom. The van der Waals surface area contributed by atoms with Gasteiger partial charge in [-0.25, -0.2) is 9.18 Å². The van der Waals surface area contributed by atoms with Crippen LogP contribution in [0.25, 0.3) is 0 Å². The van der Waals surface area contributed by atoms with Gasteiger partial charge in [-0.2, -0.15) is 0 Å². The number of halogens is 1. The van der Waals surface area contributed by atoms with Gasteiger partial charge in [0.25, 0.3) is 5.56 Å². The van der Waals surface area contributed by atoms with E-state index in [0.29, 0.717) is 5.56 Å². The van der Waals surface area contributed by atoms with Gasteiger partial charge >= 0.3 is 5.69 Å². The van der Waals surface area contributed by atoms with Gasteiger partial charge in [0.15, 0.2) is 0 Å². The highest BCUT2D eigenvalue weighted by Gasteiger charge is 2.35. The van der Waals surface area contributed by atoms with Crippen LogP contribution in [0.15, 0.2) is 15.8 Å². The summed E-state index contributed by atoms with van der Waals surface area (Å²) in [6.07, 6.45) is -0.505. The normalized spacial score (nSPS) is 26.1. The smallest absolute Gasteiger partial charge is 0.330 e. The lowest BCUT2D eigenvalue weighted by atomic mass is 10.2. The minimum Gasteiger partial charge on any atom is -0.390 e. The van der Waals surface area contributed by atoms with E-state index in [1.54, 1.807) is 6.92 Å². The van der Waals surface area contributed by atoms with Crippen LogP contribution in [0.5, 0.6) is 0 Å². The molecule has 8 heteroatoms. The molecule has 0 bridgehead atoms. The fourth-order valence-corrected chi connectivity index (χ4v) is 2.09. The van der Waals surface area contributed by atoms with E-state index in [1.165, 1.54) is 10.8 Å². The molecule has 2 N–H and O–H groups in total. The zero-order valence-electron chi connectivity index (χ0n) is 11.0. The van der Waals surface area contributed by atoms with E-state index < -0.39 is 36.4 Å². The van der Waals surface area contributed by atoms with Crippen LogP contribution in [0.1, 0.15) is 18.2 Å². The zero-order chi connectivity index (χ0) is 14.7. The molecule has 0 radical (unpaired) electrons. The summed E-state index contributed by atoms with van der Waals surface area (Å²) < 4.78 is 23.7. The molecule has 20 heavy (non-hydrogen) atoms. The van der Waals surface area contributed by atoms with E-state index in [-0.39, 0.29) is 19.6 Å². The molecule has 1 saturated heterocycles. The molecule has 0 amide bonds. The number of rotatable bonds is 5. The predicted molar refractivity (Wildman–Crippen MR) is 67.4 cm³/mol. The van der Waals surface area contributed by atoms with Gasteiger partial charge < -0.3 is 14.6 Å². The van der Waals surface area contributed by atoms with Crippen LogP contribution < -0.4 is 11.2 Å². The van der Waals surface area contributed by atoms with Gasteiger partial charge in [0.05, 0.1) is 19.3 Å². The number of hydrogen-bond donors (Lipinski definition) is 2. The molecule has 0 aliphatic carbocycles. The Kier molecular flexibility index (Phi) is 4.69. The van der Waals surface area contributed by atoms with Crippen LogP contribution in [0.3, 0.4) is 0 Å². The van der Waals surface area contributed by atoms with Gasteiger partial charge in [-0.15, -0.1) is 0 Å². The number of aromatic amines is 1. The summed E-state index contributed by atoms with van der Waals surface area (Å²) in [5.41, 5.74) is -0.671. The van der Waals surface area contributed by atoms with Gasteiger partial charge in [-0.05, 0) is 6.92 Å². The van der Waals surface area contributed by atoms with Crippen molar-refractivity contribution in [2.45, 2.75) is 31.8 Å². The van der Waals surface area contributed by atoms with E-state index in [4.69, 9.17) is 9.47 Å². The summed E-state index contributed by atoms with van der Waals surface area (Å²) in [4.78, 5) is 25.2. The Morgan fingerprint density at radius 1 is 1.60 bits per heavy atom. The molecule has 1 fully saturated rings. The number of alkyl halides is 1. The lowest BCUT2D eigenvalue weighted by Crippen LogP contribution is -2.33. The van der Waals surface area contributed by atoms with Crippen molar-refractivity contribution >= 4 is 0 Å². The first-order valence-corrected chi connectivity index (χ1v) is 6.32. The lowest BCUT2D eigenvalue weighted by molar-refractivity contribution is -0.0646. The first-order chi connectivity index (χ1) is 9.52. The molecule has 0 unspecified atom stereocenters. The fourth-order valence-electron chi connectivity index (χ4n) is 2.09. The van der Waals surface area contributed by atoms with Crippen LogP contribution in [-0.2, 0) is 9.47 Å². The monoisotopic (exact) mass is 288 g/mol. The Labute approximate surface area is 114 Å². The number of aliphatic hydroxyl groups is 1. The van der Waals surface area contributed by atoms with Gasteiger partial charge in [0.1, 0.15) is 19.0 Å². The van der Waals surface area contributed by atoms with Crippen molar-refractivity contribution < 1.29 is 19.0 Å². The van der Waals surface area contributed by atoms with Crippen molar-refractivity contribution in [3.8, 4) is 0 Å². The van der Waals surface area contributed by atoms with E-state index in [9.17, 15) is 19.1 Å². The van der Waals surface area contributed by atoms with Crippen LogP contribution in [0.2, 0.25) is 0 Å². The average molecular weight is 288 g/mol. The lowest BCUT2D eigenvalue weighted by Gasteiger charge is -2.16. The summed E-state index contributed by atoms with van der Waals surface area (Å²) in [6.45, 7) is 0.959. The van der Waals surface area contributed by atoms with Gasteiger partial charge in [-0.3, -0.25) is 14.3 Å². The first kappa shape index (κ1) is 14.9. The Hall–Kier alpha value is -1.51. The predicted octanol–water partition coefficient (Wildman–Crippen LogP) is -0.520. The van der Waals surface area contributed by atoms with Crippen LogP contribution in [0.4, 0.5) is 4.39 Å². The van der Waals surface area contributed by atoms with Gasteiger partial charge in [-0.1, -0.05) is 0 Å². The van der Waals surface area contributed by atoms with Crippen molar-refractivity contribution in [2.75, 3.05) is 19.9 Å². The summed E-state index contributed by atoms with van der Waals surface area (Å²) in [5.74, 6) is 0. The molecular formula is C12H17FN2O5. The fraction of sp³-hybridized carbons (Fsp3) is 0.667. The number of hydrogen-bond acceptors (Lipinski definition) is 5. The summed E-state index contributed by atoms with van der Waals surface area (Å²) >= 11 is 0. The maximum Gasteiger partial charge on any atom is 0.330 e. The minimum atomic E-state index is -0.807. The number of aliphatic hydroxyl groups excluding tert-OH is 1. The molecule has 2 rings (SSSR count). The quantitative estimate of drug-likeness (QED) is 0.711.